The van der Waals surface area contributed by atoms with Crippen LogP contribution in [0.4, 0.5) is 0 Å². The Morgan fingerprint density at radius 2 is 1.95 bits per heavy atom. The number of rotatable bonds is 4. The Hall–Kier alpha value is -0.660. The van der Waals surface area contributed by atoms with Crippen molar-refractivity contribution in [2.24, 2.45) is 0 Å². The third-order valence-electron chi connectivity index (χ3n) is 5.06. The van der Waals surface area contributed by atoms with E-state index in [9.17, 15) is 18.3 Å². The first kappa shape index (κ1) is 15.2. The summed E-state index contributed by atoms with van der Waals surface area (Å²) in [5, 5.41) is 12.9. The summed E-state index contributed by atoms with van der Waals surface area (Å²) in [7, 11) is -2.91. The van der Waals surface area contributed by atoms with Crippen molar-refractivity contribution in [1.82, 2.24) is 10.2 Å². The molecule has 3 fully saturated rings. The lowest BCUT2D eigenvalue weighted by Gasteiger charge is -2.30. The third-order valence-corrected chi connectivity index (χ3v) is 6.78. The first-order valence-electron chi connectivity index (χ1n) is 7.86. The smallest absolute Gasteiger partial charge is 0.323 e. The Morgan fingerprint density at radius 3 is 2.62 bits per heavy atom. The van der Waals surface area contributed by atoms with Crippen LogP contribution in [0.3, 0.4) is 0 Å². The number of carboxylic acids is 1. The van der Waals surface area contributed by atoms with Gasteiger partial charge in [-0.3, -0.25) is 15.0 Å². The van der Waals surface area contributed by atoms with Crippen LogP contribution >= 0.6 is 0 Å². The number of carboxylic acid groups (broad SMARTS) is 1. The summed E-state index contributed by atoms with van der Waals surface area (Å²) in [4.78, 5) is 13.9. The number of hydrogen-bond acceptors (Lipinski definition) is 5. The minimum absolute atomic E-state index is 0.195. The average Bonchev–Trinajstić information content (AvgIpc) is 3.13. The van der Waals surface area contributed by atoms with E-state index >= 15 is 0 Å². The molecule has 21 heavy (non-hydrogen) atoms. The molecule has 2 atom stereocenters. The summed E-state index contributed by atoms with van der Waals surface area (Å²) in [5.74, 6) is -0.278. The highest BCUT2D eigenvalue weighted by molar-refractivity contribution is 7.91. The second-order valence-electron chi connectivity index (χ2n) is 6.74. The Morgan fingerprint density at radius 1 is 1.19 bits per heavy atom. The molecule has 2 unspecified atom stereocenters. The standard InChI is InChI=1S/C14H24N2O4S/c17-13(18)14(15-11-2-3-11)5-4-12(10-14)16-6-1-8-21(19,20)9-7-16/h11-12,15H,1-10H2,(H,17,18). The van der Waals surface area contributed by atoms with E-state index in [1.54, 1.807) is 0 Å². The molecule has 0 aromatic rings. The number of carbonyl (C=O) groups is 1. The van der Waals surface area contributed by atoms with Crippen molar-refractivity contribution >= 4 is 15.8 Å². The number of hydrogen-bond donors (Lipinski definition) is 2. The van der Waals surface area contributed by atoms with Crippen LogP contribution in [0, 0.1) is 0 Å². The molecule has 2 aliphatic carbocycles. The van der Waals surface area contributed by atoms with E-state index < -0.39 is 21.3 Å². The summed E-state index contributed by atoms with van der Waals surface area (Å²) in [5.41, 5.74) is -0.795. The van der Waals surface area contributed by atoms with Crippen LogP contribution in [-0.4, -0.2) is 66.6 Å². The van der Waals surface area contributed by atoms with Crippen LogP contribution < -0.4 is 5.32 Å². The highest BCUT2D eigenvalue weighted by Crippen LogP contribution is 2.37. The highest BCUT2D eigenvalue weighted by Gasteiger charge is 2.49. The quantitative estimate of drug-likeness (QED) is 0.772. The molecule has 0 aromatic carbocycles. The van der Waals surface area contributed by atoms with E-state index in [2.05, 4.69) is 10.2 Å². The first-order valence-corrected chi connectivity index (χ1v) is 9.68. The van der Waals surface area contributed by atoms with Crippen molar-refractivity contribution in [3.8, 4) is 0 Å². The number of nitrogens with zero attached hydrogens (tertiary/aromatic N) is 1. The van der Waals surface area contributed by atoms with E-state index in [4.69, 9.17) is 0 Å². The van der Waals surface area contributed by atoms with Gasteiger partial charge in [0.15, 0.2) is 9.84 Å². The molecule has 1 aliphatic heterocycles. The molecule has 3 rings (SSSR count). The minimum Gasteiger partial charge on any atom is -0.480 e. The van der Waals surface area contributed by atoms with Crippen molar-refractivity contribution < 1.29 is 18.3 Å². The maximum Gasteiger partial charge on any atom is 0.323 e. The van der Waals surface area contributed by atoms with Crippen LogP contribution in [0.5, 0.6) is 0 Å². The molecule has 7 heteroatoms. The molecular weight excluding hydrogens is 292 g/mol. The number of sulfone groups is 1. The van der Waals surface area contributed by atoms with E-state index in [-0.39, 0.29) is 17.5 Å². The zero-order valence-corrected chi connectivity index (χ0v) is 13.1. The van der Waals surface area contributed by atoms with Crippen LogP contribution in [0.1, 0.15) is 38.5 Å². The SMILES string of the molecule is O=C(O)C1(NC2CC2)CCC(N2CCCS(=O)(=O)CC2)C1. The van der Waals surface area contributed by atoms with Gasteiger partial charge in [0.25, 0.3) is 0 Å². The van der Waals surface area contributed by atoms with Gasteiger partial charge in [-0.1, -0.05) is 0 Å². The van der Waals surface area contributed by atoms with Crippen molar-refractivity contribution in [2.45, 2.75) is 56.1 Å². The van der Waals surface area contributed by atoms with Crippen LogP contribution in [0.2, 0.25) is 0 Å². The van der Waals surface area contributed by atoms with Gasteiger partial charge in [-0.15, -0.1) is 0 Å². The van der Waals surface area contributed by atoms with Crippen molar-refractivity contribution in [3.63, 3.8) is 0 Å². The van der Waals surface area contributed by atoms with Gasteiger partial charge in [0.2, 0.25) is 0 Å². The summed E-state index contributed by atoms with van der Waals surface area (Å²) in [6.45, 7) is 1.31. The Balaban J connectivity index is 1.66. The molecule has 0 amide bonds. The monoisotopic (exact) mass is 316 g/mol. The zero-order valence-electron chi connectivity index (χ0n) is 12.3. The highest BCUT2D eigenvalue weighted by atomic mass is 32.2. The Bertz CT molecular complexity index is 517. The molecule has 0 radical (unpaired) electrons. The molecule has 0 bridgehead atoms. The van der Waals surface area contributed by atoms with Gasteiger partial charge >= 0.3 is 5.97 Å². The van der Waals surface area contributed by atoms with Gasteiger partial charge in [-0.25, -0.2) is 8.42 Å². The molecule has 1 heterocycles. The summed E-state index contributed by atoms with van der Waals surface area (Å²) < 4.78 is 23.4. The van der Waals surface area contributed by atoms with Gasteiger partial charge in [0.1, 0.15) is 5.54 Å². The lowest BCUT2D eigenvalue weighted by atomic mass is 9.97. The summed E-state index contributed by atoms with van der Waals surface area (Å²) in [6.07, 6.45) is 4.88. The van der Waals surface area contributed by atoms with Crippen molar-refractivity contribution in [2.75, 3.05) is 24.6 Å². The molecule has 3 aliphatic rings. The lowest BCUT2D eigenvalue weighted by molar-refractivity contribution is -0.145. The summed E-state index contributed by atoms with van der Waals surface area (Å²) >= 11 is 0. The van der Waals surface area contributed by atoms with Crippen LogP contribution in [0.25, 0.3) is 0 Å². The maximum absolute atomic E-state index is 11.7. The third kappa shape index (κ3) is 3.40. The summed E-state index contributed by atoms with van der Waals surface area (Å²) in [6, 6.07) is 0.560. The topological polar surface area (TPSA) is 86.7 Å². The van der Waals surface area contributed by atoms with Gasteiger partial charge in [0.05, 0.1) is 11.5 Å². The van der Waals surface area contributed by atoms with Gasteiger partial charge in [0, 0.05) is 18.6 Å². The second kappa shape index (κ2) is 5.52. The molecule has 0 aromatic heterocycles. The fourth-order valence-electron chi connectivity index (χ4n) is 3.66. The second-order valence-corrected chi connectivity index (χ2v) is 9.05. The largest absolute Gasteiger partial charge is 0.480 e. The van der Waals surface area contributed by atoms with Gasteiger partial charge < -0.3 is 5.11 Å². The zero-order chi connectivity index (χ0) is 15.1. The maximum atomic E-state index is 11.7. The average molecular weight is 316 g/mol. The van der Waals surface area contributed by atoms with E-state index in [1.165, 1.54) is 0 Å². The molecule has 1 saturated heterocycles. The molecule has 120 valence electrons. The fourth-order valence-corrected chi connectivity index (χ4v) is 4.95. The van der Waals surface area contributed by atoms with E-state index in [1.807, 2.05) is 0 Å². The Kier molecular flexibility index (Phi) is 4.00. The lowest BCUT2D eigenvalue weighted by Crippen LogP contribution is -2.52. The molecule has 0 spiro atoms. The Labute approximate surface area is 125 Å². The van der Waals surface area contributed by atoms with Crippen molar-refractivity contribution in [3.05, 3.63) is 0 Å². The predicted octanol–water partition coefficient (Wildman–Crippen LogP) is 0.235. The predicted molar refractivity (Wildman–Crippen MR) is 79.0 cm³/mol. The molecular formula is C14H24N2O4S. The molecule has 6 nitrogen and oxygen atoms in total. The molecule has 2 N–H and O–H groups in total. The molecule has 2 saturated carbocycles. The fraction of sp³-hybridized carbons (Fsp3) is 0.929. The van der Waals surface area contributed by atoms with Gasteiger partial charge in [-0.05, 0) is 45.1 Å². The minimum atomic E-state index is -2.91. The number of nitrogens with one attached hydrogen (secondary N) is 1. The van der Waals surface area contributed by atoms with Crippen LogP contribution in [0.15, 0.2) is 0 Å². The normalized spacial score (nSPS) is 37.2. The van der Waals surface area contributed by atoms with Crippen molar-refractivity contribution in [1.29, 1.82) is 0 Å². The first-order chi connectivity index (χ1) is 9.90. The van der Waals surface area contributed by atoms with E-state index in [0.29, 0.717) is 31.8 Å². The number of aliphatic carboxylic acids is 1. The van der Waals surface area contributed by atoms with E-state index in [0.717, 1.165) is 25.8 Å². The van der Waals surface area contributed by atoms with Crippen LogP contribution in [-0.2, 0) is 14.6 Å². The van der Waals surface area contributed by atoms with Gasteiger partial charge in [-0.2, -0.15) is 0 Å².